The van der Waals surface area contributed by atoms with Gasteiger partial charge >= 0.3 is 6.18 Å². The van der Waals surface area contributed by atoms with Crippen molar-refractivity contribution in [1.82, 2.24) is 0 Å². The van der Waals surface area contributed by atoms with Gasteiger partial charge < -0.3 is 5.11 Å². The number of hydrogen-bond acceptors (Lipinski definition) is 2. The summed E-state index contributed by atoms with van der Waals surface area (Å²) in [4.78, 5) is 0.883. The predicted octanol–water partition coefficient (Wildman–Crippen LogP) is 2.85. The largest absolute Gasteiger partial charge is 0.396 e. The lowest BCUT2D eigenvalue weighted by Crippen LogP contribution is -2.19. The standard InChI is InChI=1S/C9H11F3OS/c10-9(11,12)5-7(6-13)4-8-2-1-3-14-8/h1-3,7,13H,4-6H2/t7-/m0/s1. The fourth-order valence-electron chi connectivity index (χ4n) is 1.24. The molecule has 0 amide bonds. The van der Waals surface area contributed by atoms with Crippen molar-refractivity contribution in [2.24, 2.45) is 5.92 Å². The number of aliphatic hydroxyl groups is 1. The maximum absolute atomic E-state index is 12.0. The van der Waals surface area contributed by atoms with Crippen molar-refractivity contribution in [3.63, 3.8) is 0 Å². The molecule has 1 rings (SSSR count). The van der Waals surface area contributed by atoms with Crippen LogP contribution in [-0.4, -0.2) is 17.9 Å². The van der Waals surface area contributed by atoms with E-state index in [1.165, 1.54) is 11.3 Å². The smallest absolute Gasteiger partial charge is 0.389 e. The molecule has 80 valence electrons. The Morgan fingerprint density at radius 3 is 2.57 bits per heavy atom. The van der Waals surface area contributed by atoms with Gasteiger partial charge in [0, 0.05) is 17.9 Å². The second-order valence-corrected chi connectivity index (χ2v) is 4.18. The van der Waals surface area contributed by atoms with Crippen LogP contribution in [0.2, 0.25) is 0 Å². The molecule has 0 bridgehead atoms. The monoisotopic (exact) mass is 224 g/mol. The topological polar surface area (TPSA) is 20.2 Å². The zero-order valence-corrected chi connectivity index (χ0v) is 8.24. The summed E-state index contributed by atoms with van der Waals surface area (Å²) in [7, 11) is 0. The third kappa shape index (κ3) is 4.11. The van der Waals surface area contributed by atoms with Crippen molar-refractivity contribution in [3.05, 3.63) is 22.4 Å². The van der Waals surface area contributed by atoms with E-state index in [1.54, 1.807) is 12.1 Å². The molecule has 0 saturated carbocycles. The molecule has 0 fully saturated rings. The predicted molar refractivity (Wildman–Crippen MR) is 49.3 cm³/mol. The first-order chi connectivity index (χ1) is 6.51. The molecular formula is C9H11F3OS. The van der Waals surface area contributed by atoms with Gasteiger partial charge in [-0.1, -0.05) is 6.07 Å². The summed E-state index contributed by atoms with van der Waals surface area (Å²) in [6, 6.07) is 3.58. The highest BCUT2D eigenvalue weighted by Crippen LogP contribution is 2.27. The summed E-state index contributed by atoms with van der Waals surface area (Å²) < 4.78 is 36.0. The van der Waals surface area contributed by atoms with Gasteiger partial charge in [-0.15, -0.1) is 11.3 Å². The summed E-state index contributed by atoms with van der Waals surface area (Å²) in [5.74, 6) is -0.714. The third-order valence-electron chi connectivity index (χ3n) is 1.85. The molecule has 0 spiro atoms. The van der Waals surface area contributed by atoms with Crippen LogP contribution in [0.4, 0.5) is 13.2 Å². The van der Waals surface area contributed by atoms with E-state index in [0.29, 0.717) is 6.42 Å². The van der Waals surface area contributed by atoms with Crippen LogP contribution < -0.4 is 0 Å². The quantitative estimate of drug-likeness (QED) is 0.833. The van der Waals surface area contributed by atoms with Crippen LogP contribution in [0.25, 0.3) is 0 Å². The molecule has 0 saturated heterocycles. The number of halogens is 3. The van der Waals surface area contributed by atoms with Gasteiger partial charge in [0.1, 0.15) is 0 Å². The molecule has 0 aromatic carbocycles. The zero-order valence-electron chi connectivity index (χ0n) is 7.42. The van der Waals surface area contributed by atoms with Crippen LogP contribution in [0.15, 0.2) is 17.5 Å². The minimum atomic E-state index is -4.19. The SMILES string of the molecule is OC[C@@H](Cc1cccs1)CC(F)(F)F. The van der Waals surface area contributed by atoms with E-state index in [-0.39, 0.29) is 0 Å². The van der Waals surface area contributed by atoms with Crippen molar-refractivity contribution in [2.45, 2.75) is 19.0 Å². The van der Waals surface area contributed by atoms with Gasteiger partial charge in [-0.05, 0) is 23.8 Å². The number of rotatable bonds is 4. The van der Waals surface area contributed by atoms with E-state index in [4.69, 9.17) is 5.11 Å². The van der Waals surface area contributed by atoms with Gasteiger partial charge in [-0.2, -0.15) is 13.2 Å². The minimum Gasteiger partial charge on any atom is -0.396 e. The normalized spacial score (nSPS) is 14.3. The first-order valence-electron chi connectivity index (χ1n) is 4.21. The molecule has 1 aromatic heterocycles. The van der Waals surface area contributed by atoms with Crippen molar-refractivity contribution in [1.29, 1.82) is 0 Å². The highest BCUT2D eigenvalue weighted by atomic mass is 32.1. The second-order valence-electron chi connectivity index (χ2n) is 3.15. The summed E-state index contributed by atoms with van der Waals surface area (Å²) >= 11 is 1.41. The van der Waals surface area contributed by atoms with Gasteiger partial charge in [0.05, 0.1) is 0 Å². The van der Waals surface area contributed by atoms with Gasteiger partial charge in [0.15, 0.2) is 0 Å². The molecule has 0 aliphatic rings. The Labute approximate surface area is 84.2 Å². The summed E-state index contributed by atoms with van der Waals surface area (Å²) in [6.45, 7) is -0.419. The lowest BCUT2D eigenvalue weighted by Gasteiger charge is -2.15. The fourth-order valence-corrected chi connectivity index (χ4v) is 2.06. The molecule has 1 aromatic rings. The summed E-state index contributed by atoms with van der Waals surface area (Å²) in [6.07, 6.45) is -4.81. The highest BCUT2D eigenvalue weighted by Gasteiger charge is 2.31. The van der Waals surface area contributed by atoms with E-state index in [0.717, 1.165) is 4.88 Å². The molecule has 5 heteroatoms. The van der Waals surface area contributed by atoms with E-state index in [1.807, 2.05) is 5.38 Å². The number of hydrogen-bond donors (Lipinski definition) is 1. The Bertz CT molecular complexity index is 256. The summed E-state index contributed by atoms with van der Waals surface area (Å²) in [5, 5.41) is 10.6. The van der Waals surface area contributed by atoms with E-state index < -0.39 is 25.1 Å². The van der Waals surface area contributed by atoms with Crippen LogP contribution in [-0.2, 0) is 6.42 Å². The Morgan fingerprint density at radius 1 is 1.43 bits per heavy atom. The lowest BCUT2D eigenvalue weighted by molar-refractivity contribution is -0.147. The molecule has 1 heterocycles. The molecule has 0 radical (unpaired) electrons. The molecule has 0 aliphatic heterocycles. The fraction of sp³-hybridized carbons (Fsp3) is 0.556. The highest BCUT2D eigenvalue weighted by molar-refractivity contribution is 7.09. The first-order valence-corrected chi connectivity index (χ1v) is 5.09. The average molecular weight is 224 g/mol. The number of alkyl halides is 3. The van der Waals surface area contributed by atoms with Crippen molar-refractivity contribution < 1.29 is 18.3 Å². The van der Waals surface area contributed by atoms with Gasteiger partial charge in [-0.3, -0.25) is 0 Å². The summed E-state index contributed by atoms with van der Waals surface area (Å²) in [5.41, 5.74) is 0. The molecular weight excluding hydrogens is 213 g/mol. The molecule has 0 aliphatic carbocycles. The second kappa shape index (κ2) is 4.79. The van der Waals surface area contributed by atoms with Crippen LogP contribution in [0.3, 0.4) is 0 Å². The maximum Gasteiger partial charge on any atom is 0.389 e. The van der Waals surface area contributed by atoms with Crippen molar-refractivity contribution >= 4 is 11.3 Å². The number of aliphatic hydroxyl groups excluding tert-OH is 1. The molecule has 1 atom stereocenters. The Hall–Kier alpha value is -0.550. The minimum absolute atomic E-state index is 0.299. The van der Waals surface area contributed by atoms with Gasteiger partial charge in [0.2, 0.25) is 0 Å². The van der Waals surface area contributed by atoms with Crippen molar-refractivity contribution in [3.8, 4) is 0 Å². The van der Waals surface area contributed by atoms with Crippen LogP contribution >= 0.6 is 11.3 Å². The number of thiophene rings is 1. The van der Waals surface area contributed by atoms with E-state index in [2.05, 4.69) is 0 Å². The van der Waals surface area contributed by atoms with E-state index in [9.17, 15) is 13.2 Å². The van der Waals surface area contributed by atoms with Crippen LogP contribution in [0, 0.1) is 5.92 Å². The Kier molecular flexibility index (Phi) is 3.95. The lowest BCUT2D eigenvalue weighted by atomic mass is 10.0. The van der Waals surface area contributed by atoms with Gasteiger partial charge in [-0.25, -0.2) is 0 Å². The molecule has 14 heavy (non-hydrogen) atoms. The third-order valence-corrected chi connectivity index (χ3v) is 2.75. The maximum atomic E-state index is 12.0. The molecule has 1 N–H and O–H groups in total. The Balaban J connectivity index is 2.47. The van der Waals surface area contributed by atoms with Crippen LogP contribution in [0.1, 0.15) is 11.3 Å². The van der Waals surface area contributed by atoms with Gasteiger partial charge in [0.25, 0.3) is 0 Å². The zero-order chi connectivity index (χ0) is 10.6. The van der Waals surface area contributed by atoms with Crippen molar-refractivity contribution in [2.75, 3.05) is 6.61 Å². The Morgan fingerprint density at radius 2 is 2.14 bits per heavy atom. The molecule has 0 unspecified atom stereocenters. The van der Waals surface area contributed by atoms with E-state index >= 15 is 0 Å². The average Bonchev–Trinajstić information content (AvgIpc) is 2.53. The first kappa shape index (κ1) is 11.5. The molecule has 1 nitrogen and oxygen atoms in total. The van der Waals surface area contributed by atoms with Crippen LogP contribution in [0.5, 0.6) is 0 Å².